The largest absolute Gasteiger partial charge is 0.493 e. The van der Waals surface area contributed by atoms with E-state index in [9.17, 15) is 4.79 Å². The standard InChI is InChI=1S/C27H29N3O5/c1-32-23-11-9-17(13-25(23)34-3)20(21-16-28-22-8-6-5-7-19(21)22)15-29-27(31)30-18-10-12-24(33-2)26(14-18)35-4/h5-14,16,20,28H,15H2,1-4H3,(H2,29,30,31). The van der Waals surface area contributed by atoms with E-state index in [0.717, 1.165) is 22.0 Å². The number of hydrogen-bond acceptors (Lipinski definition) is 5. The van der Waals surface area contributed by atoms with E-state index >= 15 is 0 Å². The van der Waals surface area contributed by atoms with Gasteiger partial charge in [-0.1, -0.05) is 24.3 Å². The topological polar surface area (TPSA) is 93.8 Å². The van der Waals surface area contributed by atoms with Crippen LogP contribution in [0.15, 0.2) is 66.9 Å². The molecular weight excluding hydrogens is 446 g/mol. The number of hydrogen-bond donors (Lipinski definition) is 3. The number of benzene rings is 3. The van der Waals surface area contributed by atoms with Crippen LogP contribution in [-0.4, -0.2) is 46.0 Å². The molecule has 3 aromatic carbocycles. The Kier molecular flexibility index (Phi) is 7.30. The molecule has 4 rings (SSSR count). The molecule has 1 unspecified atom stereocenters. The maximum Gasteiger partial charge on any atom is 0.319 e. The Balaban J connectivity index is 1.59. The molecule has 0 saturated heterocycles. The molecule has 4 aromatic rings. The van der Waals surface area contributed by atoms with Crippen molar-refractivity contribution in [1.82, 2.24) is 10.3 Å². The van der Waals surface area contributed by atoms with Crippen molar-refractivity contribution in [2.75, 3.05) is 40.3 Å². The molecule has 0 radical (unpaired) electrons. The van der Waals surface area contributed by atoms with E-state index in [0.29, 0.717) is 35.2 Å². The first-order valence-corrected chi connectivity index (χ1v) is 11.1. The number of carbonyl (C=O) groups excluding carboxylic acids is 1. The number of urea groups is 1. The minimum atomic E-state index is -0.331. The molecule has 1 aromatic heterocycles. The van der Waals surface area contributed by atoms with Crippen molar-refractivity contribution >= 4 is 22.6 Å². The Hall–Kier alpha value is -4.33. The molecule has 3 N–H and O–H groups in total. The number of aromatic amines is 1. The van der Waals surface area contributed by atoms with E-state index in [2.05, 4.69) is 21.7 Å². The van der Waals surface area contributed by atoms with Gasteiger partial charge in [-0.15, -0.1) is 0 Å². The Morgan fingerprint density at radius 3 is 2.20 bits per heavy atom. The predicted octanol–water partition coefficient (Wildman–Crippen LogP) is 5.16. The van der Waals surface area contributed by atoms with Gasteiger partial charge in [0.25, 0.3) is 0 Å². The highest BCUT2D eigenvalue weighted by molar-refractivity contribution is 5.90. The Morgan fingerprint density at radius 2 is 1.49 bits per heavy atom. The average Bonchev–Trinajstić information content (AvgIpc) is 3.32. The van der Waals surface area contributed by atoms with Gasteiger partial charge in [0.2, 0.25) is 0 Å². The molecular formula is C27H29N3O5. The molecule has 0 aliphatic heterocycles. The second-order valence-electron chi connectivity index (χ2n) is 7.86. The summed E-state index contributed by atoms with van der Waals surface area (Å²) >= 11 is 0. The van der Waals surface area contributed by atoms with Crippen molar-refractivity contribution in [3.05, 3.63) is 78.0 Å². The second-order valence-corrected chi connectivity index (χ2v) is 7.86. The number of aromatic nitrogens is 1. The third-order valence-corrected chi connectivity index (χ3v) is 5.91. The molecule has 0 fully saturated rings. The number of nitrogens with one attached hydrogen (secondary N) is 3. The highest BCUT2D eigenvalue weighted by atomic mass is 16.5. The number of fused-ring (bicyclic) bond motifs is 1. The third kappa shape index (κ3) is 5.11. The van der Waals surface area contributed by atoms with E-state index in [1.165, 1.54) is 0 Å². The Morgan fingerprint density at radius 1 is 0.829 bits per heavy atom. The molecule has 1 atom stereocenters. The monoisotopic (exact) mass is 475 g/mol. The number of rotatable bonds is 9. The summed E-state index contributed by atoms with van der Waals surface area (Å²) in [6.45, 7) is 0.358. The summed E-state index contributed by atoms with van der Waals surface area (Å²) < 4.78 is 21.5. The van der Waals surface area contributed by atoms with E-state index in [4.69, 9.17) is 18.9 Å². The molecule has 0 aliphatic carbocycles. The first kappa shape index (κ1) is 23.8. The summed E-state index contributed by atoms with van der Waals surface area (Å²) in [5.41, 5.74) is 3.68. The zero-order valence-corrected chi connectivity index (χ0v) is 20.2. The molecule has 1 heterocycles. The molecule has 8 heteroatoms. The van der Waals surface area contributed by atoms with Gasteiger partial charge in [-0.05, 0) is 41.5 Å². The van der Waals surface area contributed by atoms with Crippen LogP contribution in [0, 0.1) is 0 Å². The number of methoxy groups -OCH3 is 4. The van der Waals surface area contributed by atoms with Crippen LogP contribution in [0.5, 0.6) is 23.0 Å². The minimum absolute atomic E-state index is 0.137. The van der Waals surface area contributed by atoms with Gasteiger partial charge in [-0.25, -0.2) is 4.79 Å². The SMILES string of the molecule is COc1ccc(NC(=O)NCC(c2ccc(OC)c(OC)c2)c2c[nH]c3ccccc23)cc1OC. The predicted molar refractivity (Wildman–Crippen MR) is 136 cm³/mol. The smallest absolute Gasteiger partial charge is 0.319 e. The molecule has 0 saturated carbocycles. The van der Waals surface area contributed by atoms with Crippen LogP contribution in [0.25, 0.3) is 10.9 Å². The van der Waals surface area contributed by atoms with Crippen LogP contribution in [0.4, 0.5) is 10.5 Å². The maximum absolute atomic E-state index is 12.8. The molecule has 0 aliphatic rings. The van der Waals surface area contributed by atoms with Gasteiger partial charge in [0, 0.05) is 41.3 Å². The maximum atomic E-state index is 12.8. The van der Waals surface area contributed by atoms with Gasteiger partial charge >= 0.3 is 6.03 Å². The summed E-state index contributed by atoms with van der Waals surface area (Å²) in [5.74, 6) is 2.26. The molecule has 8 nitrogen and oxygen atoms in total. The van der Waals surface area contributed by atoms with Crippen molar-refractivity contribution in [2.24, 2.45) is 0 Å². The quantitative estimate of drug-likeness (QED) is 0.311. The van der Waals surface area contributed by atoms with E-state index in [1.807, 2.05) is 42.6 Å². The van der Waals surface area contributed by atoms with Crippen LogP contribution in [0.1, 0.15) is 17.0 Å². The lowest BCUT2D eigenvalue weighted by molar-refractivity contribution is 0.252. The molecule has 0 spiro atoms. The lowest BCUT2D eigenvalue weighted by atomic mass is 9.90. The van der Waals surface area contributed by atoms with Gasteiger partial charge in [-0.3, -0.25) is 0 Å². The van der Waals surface area contributed by atoms with Gasteiger partial charge in [0.05, 0.1) is 28.4 Å². The number of H-pyrrole nitrogens is 1. The van der Waals surface area contributed by atoms with Gasteiger partial charge in [0.15, 0.2) is 23.0 Å². The molecule has 2 amide bonds. The van der Waals surface area contributed by atoms with Crippen LogP contribution in [0.2, 0.25) is 0 Å². The summed E-state index contributed by atoms with van der Waals surface area (Å²) in [5, 5.41) is 6.96. The summed E-state index contributed by atoms with van der Waals surface area (Å²) in [4.78, 5) is 16.1. The lowest BCUT2D eigenvalue weighted by Gasteiger charge is -2.20. The van der Waals surface area contributed by atoms with E-state index in [-0.39, 0.29) is 11.9 Å². The number of ether oxygens (including phenoxy) is 4. The number of amides is 2. The van der Waals surface area contributed by atoms with Crippen LogP contribution < -0.4 is 29.6 Å². The fourth-order valence-corrected chi connectivity index (χ4v) is 4.14. The van der Waals surface area contributed by atoms with E-state index < -0.39 is 0 Å². The van der Waals surface area contributed by atoms with Gasteiger partial charge in [0.1, 0.15) is 0 Å². The van der Waals surface area contributed by atoms with Crippen LogP contribution >= 0.6 is 0 Å². The number of carbonyl (C=O) groups is 1. The van der Waals surface area contributed by atoms with Crippen molar-refractivity contribution in [1.29, 1.82) is 0 Å². The lowest BCUT2D eigenvalue weighted by Crippen LogP contribution is -2.32. The first-order chi connectivity index (χ1) is 17.1. The summed E-state index contributed by atoms with van der Waals surface area (Å²) in [7, 11) is 6.33. The van der Waals surface area contributed by atoms with E-state index in [1.54, 1.807) is 46.6 Å². The zero-order chi connectivity index (χ0) is 24.8. The second kappa shape index (κ2) is 10.7. The number of anilines is 1. The fourth-order valence-electron chi connectivity index (χ4n) is 4.14. The zero-order valence-electron chi connectivity index (χ0n) is 20.2. The fraction of sp³-hybridized carbons (Fsp3) is 0.222. The van der Waals surface area contributed by atoms with Crippen LogP contribution in [0.3, 0.4) is 0 Å². The van der Waals surface area contributed by atoms with Crippen molar-refractivity contribution in [2.45, 2.75) is 5.92 Å². The highest BCUT2D eigenvalue weighted by Crippen LogP contribution is 2.36. The minimum Gasteiger partial charge on any atom is -0.493 e. The van der Waals surface area contributed by atoms with Crippen molar-refractivity contribution in [3.63, 3.8) is 0 Å². The average molecular weight is 476 g/mol. The van der Waals surface area contributed by atoms with Gasteiger partial charge < -0.3 is 34.6 Å². The first-order valence-electron chi connectivity index (χ1n) is 11.1. The normalized spacial score (nSPS) is 11.5. The Labute approximate surface area is 204 Å². The Bertz CT molecular complexity index is 1320. The van der Waals surface area contributed by atoms with Crippen LogP contribution in [-0.2, 0) is 0 Å². The van der Waals surface area contributed by atoms with Crippen molar-refractivity contribution < 1.29 is 23.7 Å². The molecule has 35 heavy (non-hydrogen) atoms. The molecule has 182 valence electrons. The molecule has 0 bridgehead atoms. The summed E-state index contributed by atoms with van der Waals surface area (Å²) in [6.07, 6.45) is 1.99. The number of para-hydroxylation sites is 1. The third-order valence-electron chi connectivity index (χ3n) is 5.91. The summed E-state index contributed by atoms with van der Waals surface area (Å²) in [6, 6.07) is 18.8. The highest BCUT2D eigenvalue weighted by Gasteiger charge is 2.21. The van der Waals surface area contributed by atoms with Gasteiger partial charge in [-0.2, -0.15) is 0 Å². The van der Waals surface area contributed by atoms with Crippen molar-refractivity contribution in [3.8, 4) is 23.0 Å².